The summed E-state index contributed by atoms with van der Waals surface area (Å²) < 4.78 is 12.0. The highest BCUT2D eigenvalue weighted by Crippen LogP contribution is 2.39. The lowest BCUT2D eigenvalue weighted by molar-refractivity contribution is -0.129. The molecule has 0 saturated heterocycles. The normalized spacial score (nSPS) is 41.8. The minimum Gasteiger partial charge on any atom is -0.381 e. The first-order chi connectivity index (χ1) is 8.67. The van der Waals surface area contributed by atoms with Crippen molar-refractivity contribution >= 4 is 15.9 Å². The van der Waals surface area contributed by atoms with Crippen LogP contribution in [-0.2, 0) is 9.47 Å². The molecule has 0 heterocycles. The fraction of sp³-hybridized carbons (Fsp3) is 1.00. The molecule has 2 fully saturated rings. The van der Waals surface area contributed by atoms with Crippen LogP contribution in [0.25, 0.3) is 0 Å². The summed E-state index contributed by atoms with van der Waals surface area (Å²) in [6.45, 7) is 2.36. The van der Waals surface area contributed by atoms with Crippen LogP contribution in [0.15, 0.2) is 0 Å². The molecule has 0 N–H and O–H groups in total. The molecule has 0 bridgehead atoms. The topological polar surface area (TPSA) is 18.5 Å². The van der Waals surface area contributed by atoms with Crippen molar-refractivity contribution in [2.75, 3.05) is 12.4 Å². The first-order valence-corrected chi connectivity index (χ1v) is 8.56. The molecule has 0 aliphatic heterocycles. The van der Waals surface area contributed by atoms with Gasteiger partial charge in [0.05, 0.1) is 17.8 Å². The maximum atomic E-state index is 6.52. The summed E-state index contributed by atoms with van der Waals surface area (Å²) >= 11 is 3.69. The average Bonchev–Trinajstić information content (AvgIpc) is 2.42. The summed E-state index contributed by atoms with van der Waals surface area (Å²) in [5, 5.41) is 0.987. The van der Waals surface area contributed by atoms with Crippen LogP contribution in [0.1, 0.15) is 58.3 Å². The van der Waals surface area contributed by atoms with Crippen LogP contribution >= 0.6 is 15.9 Å². The van der Waals surface area contributed by atoms with Gasteiger partial charge in [-0.2, -0.15) is 0 Å². The van der Waals surface area contributed by atoms with Gasteiger partial charge in [-0.1, -0.05) is 22.9 Å². The second kappa shape index (κ2) is 6.71. The molecule has 3 heteroatoms. The van der Waals surface area contributed by atoms with Gasteiger partial charge < -0.3 is 9.47 Å². The Morgan fingerprint density at radius 1 is 1.11 bits per heavy atom. The fourth-order valence-corrected chi connectivity index (χ4v) is 4.04. The molecule has 2 atom stereocenters. The van der Waals surface area contributed by atoms with Gasteiger partial charge in [-0.15, -0.1) is 0 Å². The van der Waals surface area contributed by atoms with Crippen molar-refractivity contribution in [3.8, 4) is 0 Å². The fourth-order valence-electron chi connectivity index (χ4n) is 3.35. The molecular weight excluding hydrogens is 292 g/mol. The first kappa shape index (κ1) is 14.8. The van der Waals surface area contributed by atoms with E-state index >= 15 is 0 Å². The Hall–Kier alpha value is 0.400. The largest absolute Gasteiger partial charge is 0.381 e. The third-order valence-electron chi connectivity index (χ3n) is 4.76. The number of halogens is 1. The van der Waals surface area contributed by atoms with Crippen LogP contribution in [0.5, 0.6) is 0 Å². The van der Waals surface area contributed by atoms with Crippen LogP contribution in [0, 0.1) is 5.92 Å². The number of alkyl halides is 1. The highest BCUT2D eigenvalue weighted by Gasteiger charge is 2.37. The number of hydrogen-bond donors (Lipinski definition) is 0. The van der Waals surface area contributed by atoms with Crippen molar-refractivity contribution in [2.24, 2.45) is 5.92 Å². The number of rotatable bonds is 4. The van der Waals surface area contributed by atoms with Gasteiger partial charge in [-0.25, -0.2) is 0 Å². The molecule has 0 spiro atoms. The highest BCUT2D eigenvalue weighted by atomic mass is 79.9. The van der Waals surface area contributed by atoms with E-state index in [9.17, 15) is 0 Å². The SMILES string of the molecule is COC1CCCC(OC2(CBr)CCC(C)CC2)C1. The molecule has 2 saturated carbocycles. The van der Waals surface area contributed by atoms with E-state index in [1.165, 1.54) is 44.9 Å². The van der Waals surface area contributed by atoms with E-state index in [0.29, 0.717) is 12.2 Å². The zero-order valence-corrected chi connectivity index (χ0v) is 13.4. The lowest BCUT2D eigenvalue weighted by Crippen LogP contribution is -2.43. The summed E-state index contributed by atoms with van der Waals surface area (Å²) in [6.07, 6.45) is 10.6. The lowest BCUT2D eigenvalue weighted by atomic mass is 9.80. The molecule has 2 aliphatic rings. The number of hydrogen-bond acceptors (Lipinski definition) is 2. The van der Waals surface area contributed by atoms with Crippen LogP contribution in [-0.4, -0.2) is 30.2 Å². The summed E-state index contributed by atoms with van der Waals surface area (Å²) in [7, 11) is 1.83. The second-order valence-corrected chi connectivity index (χ2v) is 6.82. The molecule has 2 nitrogen and oxygen atoms in total. The van der Waals surface area contributed by atoms with Crippen LogP contribution in [0.3, 0.4) is 0 Å². The van der Waals surface area contributed by atoms with E-state index in [4.69, 9.17) is 9.47 Å². The monoisotopic (exact) mass is 318 g/mol. The Labute approximate surface area is 120 Å². The zero-order valence-electron chi connectivity index (χ0n) is 11.8. The van der Waals surface area contributed by atoms with Gasteiger partial charge in [0, 0.05) is 12.4 Å². The molecule has 18 heavy (non-hydrogen) atoms. The quantitative estimate of drug-likeness (QED) is 0.719. The molecular formula is C15H27BrO2. The second-order valence-electron chi connectivity index (χ2n) is 6.26. The van der Waals surface area contributed by atoms with Gasteiger partial charge in [0.2, 0.25) is 0 Å². The van der Waals surface area contributed by atoms with Gasteiger partial charge in [0.25, 0.3) is 0 Å². The predicted octanol–water partition coefficient (Wildman–Crippen LogP) is 4.30. The van der Waals surface area contributed by atoms with E-state index in [1.54, 1.807) is 0 Å². The smallest absolute Gasteiger partial charge is 0.0782 e. The Balaban J connectivity index is 1.89. The van der Waals surface area contributed by atoms with Crippen molar-refractivity contribution in [3.05, 3.63) is 0 Å². The Morgan fingerprint density at radius 2 is 1.78 bits per heavy atom. The minimum absolute atomic E-state index is 0.104. The van der Waals surface area contributed by atoms with E-state index in [1.807, 2.05) is 7.11 Å². The van der Waals surface area contributed by atoms with Crippen molar-refractivity contribution in [2.45, 2.75) is 76.1 Å². The maximum absolute atomic E-state index is 6.52. The van der Waals surface area contributed by atoms with E-state index < -0.39 is 0 Å². The van der Waals surface area contributed by atoms with Gasteiger partial charge in [-0.05, 0) is 57.3 Å². The summed E-state index contributed by atoms with van der Waals surface area (Å²) in [4.78, 5) is 0. The maximum Gasteiger partial charge on any atom is 0.0782 e. The zero-order chi connectivity index (χ0) is 13.0. The Kier molecular flexibility index (Phi) is 5.52. The molecule has 106 valence electrons. The van der Waals surface area contributed by atoms with Crippen molar-refractivity contribution in [1.29, 1.82) is 0 Å². The van der Waals surface area contributed by atoms with Gasteiger partial charge in [0.1, 0.15) is 0 Å². The van der Waals surface area contributed by atoms with E-state index in [0.717, 1.165) is 17.7 Å². The molecule has 2 rings (SSSR count). The molecule has 2 unspecified atom stereocenters. The van der Waals surface area contributed by atoms with Crippen LogP contribution in [0.2, 0.25) is 0 Å². The van der Waals surface area contributed by atoms with Crippen LogP contribution in [0.4, 0.5) is 0 Å². The first-order valence-electron chi connectivity index (χ1n) is 7.44. The third-order valence-corrected chi connectivity index (χ3v) is 5.78. The highest BCUT2D eigenvalue weighted by molar-refractivity contribution is 9.09. The van der Waals surface area contributed by atoms with Gasteiger partial charge in [-0.3, -0.25) is 0 Å². The summed E-state index contributed by atoms with van der Waals surface area (Å²) in [5.74, 6) is 0.874. The minimum atomic E-state index is 0.104. The van der Waals surface area contributed by atoms with Crippen LogP contribution < -0.4 is 0 Å². The standard InChI is InChI=1S/C15H27BrO2/c1-12-6-8-15(11-16,9-7-12)18-14-5-3-4-13(10-14)17-2/h12-14H,3-11H2,1-2H3. The molecule has 0 aromatic heterocycles. The Morgan fingerprint density at radius 3 is 2.39 bits per heavy atom. The van der Waals surface area contributed by atoms with Gasteiger partial charge >= 0.3 is 0 Å². The Bertz CT molecular complexity index is 249. The third kappa shape index (κ3) is 3.71. The average molecular weight is 319 g/mol. The van der Waals surface area contributed by atoms with Crippen molar-refractivity contribution < 1.29 is 9.47 Å². The lowest BCUT2D eigenvalue weighted by Gasteiger charge is -2.42. The van der Waals surface area contributed by atoms with E-state index in [2.05, 4.69) is 22.9 Å². The molecule has 0 aromatic carbocycles. The number of methoxy groups -OCH3 is 1. The molecule has 0 amide bonds. The van der Waals surface area contributed by atoms with E-state index in [-0.39, 0.29) is 5.60 Å². The predicted molar refractivity (Wildman–Crippen MR) is 78.3 cm³/mol. The summed E-state index contributed by atoms with van der Waals surface area (Å²) in [5.41, 5.74) is 0.104. The number of ether oxygens (including phenoxy) is 2. The van der Waals surface area contributed by atoms with Gasteiger partial charge in [0.15, 0.2) is 0 Å². The summed E-state index contributed by atoms with van der Waals surface area (Å²) in [6, 6.07) is 0. The molecule has 0 aromatic rings. The molecule has 0 radical (unpaired) electrons. The molecule has 2 aliphatic carbocycles. The van der Waals surface area contributed by atoms with Crippen molar-refractivity contribution in [1.82, 2.24) is 0 Å². The van der Waals surface area contributed by atoms with Crippen molar-refractivity contribution in [3.63, 3.8) is 0 Å².